The second-order valence-electron chi connectivity index (χ2n) is 4.68. The Hall–Kier alpha value is -1.26. The molecule has 0 atom stereocenters. The molecule has 4 heteroatoms. The quantitative estimate of drug-likeness (QED) is 0.904. The molecule has 0 spiro atoms. The van der Waals surface area contributed by atoms with Crippen LogP contribution < -0.4 is 5.73 Å². The highest BCUT2D eigenvalue weighted by Gasteiger charge is 2.23. The lowest BCUT2D eigenvalue weighted by Crippen LogP contribution is -2.22. The average Bonchev–Trinajstić information content (AvgIpc) is 2.80. The smallest absolute Gasteiger partial charge is 0.142 e. The zero-order valence-corrected chi connectivity index (χ0v) is 11.0. The minimum atomic E-state index is 0.0400. The van der Waals surface area contributed by atoms with Gasteiger partial charge in [-0.2, -0.15) is 0 Å². The van der Waals surface area contributed by atoms with E-state index in [1.165, 1.54) is 0 Å². The first kappa shape index (κ1) is 12.2. The Kier molecular flexibility index (Phi) is 3.54. The lowest BCUT2D eigenvalue weighted by atomic mass is 9.86. The molecule has 2 aromatic heterocycles. The van der Waals surface area contributed by atoms with Crippen LogP contribution in [-0.4, -0.2) is 16.5 Å². The first-order valence-corrected chi connectivity index (χ1v) is 6.59. The van der Waals surface area contributed by atoms with E-state index in [2.05, 4.69) is 29.2 Å². The Labute approximate surface area is 106 Å². The molecule has 0 radical (unpaired) electrons. The van der Waals surface area contributed by atoms with Crippen molar-refractivity contribution in [3.05, 3.63) is 35.5 Å². The summed E-state index contributed by atoms with van der Waals surface area (Å²) in [5.41, 5.74) is 7.72. The molecule has 2 N–H and O–H groups in total. The topological polar surface area (TPSA) is 51.8 Å². The molecule has 0 aliphatic rings. The molecule has 2 heterocycles. The number of hydrogen-bond donors (Lipinski definition) is 1. The van der Waals surface area contributed by atoms with Gasteiger partial charge >= 0.3 is 0 Å². The Morgan fingerprint density at radius 1 is 1.35 bits per heavy atom. The highest BCUT2D eigenvalue weighted by Crippen LogP contribution is 2.30. The van der Waals surface area contributed by atoms with Gasteiger partial charge in [0.15, 0.2) is 0 Å². The third-order valence-corrected chi connectivity index (χ3v) is 3.72. The van der Waals surface area contributed by atoms with Gasteiger partial charge in [-0.05, 0) is 25.1 Å². The van der Waals surface area contributed by atoms with Crippen LogP contribution in [0.2, 0.25) is 0 Å². The lowest BCUT2D eigenvalue weighted by molar-refractivity contribution is 0.476. The van der Waals surface area contributed by atoms with E-state index in [9.17, 15) is 0 Å². The highest BCUT2D eigenvalue weighted by atomic mass is 32.1. The van der Waals surface area contributed by atoms with Crippen LogP contribution in [0.25, 0.3) is 10.7 Å². The maximum Gasteiger partial charge on any atom is 0.142 e. The van der Waals surface area contributed by atoms with Crippen molar-refractivity contribution >= 4 is 11.3 Å². The third-order valence-electron chi connectivity index (χ3n) is 2.85. The zero-order valence-electron chi connectivity index (χ0n) is 10.2. The summed E-state index contributed by atoms with van der Waals surface area (Å²) in [6.07, 6.45) is 2.74. The van der Waals surface area contributed by atoms with Crippen molar-refractivity contribution in [2.75, 3.05) is 6.54 Å². The maximum atomic E-state index is 5.63. The molecule has 2 aromatic rings. The standard InChI is InChI=1S/C13H17N3S/c1-13(2,6-7-14)11-9-17-12(16-11)10-5-3-4-8-15-10/h3-5,8-9H,6-7,14H2,1-2H3. The number of pyridine rings is 1. The summed E-state index contributed by atoms with van der Waals surface area (Å²) in [5, 5.41) is 3.09. The Morgan fingerprint density at radius 3 is 2.82 bits per heavy atom. The molecule has 0 amide bonds. The van der Waals surface area contributed by atoms with Crippen molar-refractivity contribution in [3.63, 3.8) is 0 Å². The van der Waals surface area contributed by atoms with Gasteiger partial charge in [-0.15, -0.1) is 11.3 Å². The maximum absolute atomic E-state index is 5.63. The van der Waals surface area contributed by atoms with Crippen LogP contribution >= 0.6 is 11.3 Å². The number of nitrogens with two attached hydrogens (primary N) is 1. The molecule has 0 bridgehead atoms. The molecule has 3 nitrogen and oxygen atoms in total. The van der Waals surface area contributed by atoms with Crippen LogP contribution in [-0.2, 0) is 5.41 Å². The lowest BCUT2D eigenvalue weighted by Gasteiger charge is -2.21. The van der Waals surface area contributed by atoms with Crippen molar-refractivity contribution in [1.29, 1.82) is 0 Å². The average molecular weight is 247 g/mol. The van der Waals surface area contributed by atoms with Gasteiger partial charge in [0.1, 0.15) is 5.01 Å². The molecule has 90 valence electrons. The summed E-state index contributed by atoms with van der Waals surface area (Å²) in [6, 6.07) is 5.88. The van der Waals surface area contributed by atoms with E-state index in [0.717, 1.165) is 22.8 Å². The zero-order chi connectivity index (χ0) is 12.3. The molecule has 0 aliphatic carbocycles. The Bertz CT molecular complexity index is 476. The first-order chi connectivity index (χ1) is 8.13. The predicted molar refractivity (Wildman–Crippen MR) is 72.0 cm³/mol. The van der Waals surface area contributed by atoms with Gasteiger partial charge in [-0.3, -0.25) is 4.98 Å². The Balaban J connectivity index is 2.28. The van der Waals surface area contributed by atoms with Gasteiger partial charge in [0.25, 0.3) is 0 Å². The van der Waals surface area contributed by atoms with E-state index in [4.69, 9.17) is 5.73 Å². The molecule has 0 aliphatic heterocycles. The third kappa shape index (κ3) is 2.70. The van der Waals surface area contributed by atoms with E-state index in [1.807, 2.05) is 18.2 Å². The Morgan fingerprint density at radius 2 is 2.18 bits per heavy atom. The van der Waals surface area contributed by atoms with E-state index in [1.54, 1.807) is 17.5 Å². The van der Waals surface area contributed by atoms with E-state index < -0.39 is 0 Å². The minimum absolute atomic E-state index is 0.0400. The molecular weight excluding hydrogens is 230 g/mol. The van der Waals surface area contributed by atoms with Gasteiger partial charge in [0.05, 0.1) is 11.4 Å². The molecule has 0 unspecified atom stereocenters. The molecular formula is C13H17N3S. The van der Waals surface area contributed by atoms with Crippen LogP contribution in [0.5, 0.6) is 0 Å². The van der Waals surface area contributed by atoms with Crippen LogP contribution in [0, 0.1) is 0 Å². The fourth-order valence-corrected chi connectivity index (χ4v) is 2.67. The fourth-order valence-electron chi connectivity index (χ4n) is 1.68. The van der Waals surface area contributed by atoms with E-state index in [0.29, 0.717) is 6.54 Å². The van der Waals surface area contributed by atoms with Crippen molar-refractivity contribution < 1.29 is 0 Å². The second-order valence-corrected chi connectivity index (χ2v) is 5.53. The first-order valence-electron chi connectivity index (χ1n) is 5.71. The number of nitrogens with zero attached hydrogens (tertiary/aromatic N) is 2. The summed E-state index contributed by atoms with van der Waals surface area (Å²) < 4.78 is 0. The molecule has 17 heavy (non-hydrogen) atoms. The molecule has 2 rings (SSSR count). The number of thiazole rings is 1. The largest absolute Gasteiger partial charge is 0.330 e. The summed E-state index contributed by atoms with van der Waals surface area (Å²) in [6.45, 7) is 5.04. The SMILES string of the molecule is CC(C)(CCN)c1csc(-c2ccccn2)n1. The van der Waals surface area contributed by atoms with Gasteiger partial charge in [0.2, 0.25) is 0 Å². The van der Waals surface area contributed by atoms with Crippen molar-refractivity contribution in [3.8, 4) is 10.7 Å². The second kappa shape index (κ2) is 4.94. The summed E-state index contributed by atoms with van der Waals surface area (Å²) >= 11 is 1.64. The summed E-state index contributed by atoms with van der Waals surface area (Å²) in [4.78, 5) is 8.98. The monoisotopic (exact) mass is 247 g/mol. The van der Waals surface area contributed by atoms with Crippen LogP contribution in [0.1, 0.15) is 26.0 Å². The molecule has 0 aromatic carbocycles. The highest BCUT2D eigenvalue weighted by molar-refractivity contribution is 7.13. The minimum Gasteiger partial charge on any atom is -0.330 e. The summed E-state index contributed by atoms with van der Waals surface area (Å²) in [5.74, 6) is 0. The van der Waals surface area contributed by atoms with Crippen molar-refractivity contribution in [1.82, 2.24) is 9.97 Å². The predicted octanol–water partition coefficient (Wildman–Crippen LogP) is 2.83. The number of rotatable bonds is 4. The van der Waals surface area contributed by atoms with Crippen LogP contribution in [0.4, 0.5) is 0 Å². The van der Waals surface area contributed by atoms with Gasteiger partial charge in [-0.25, -0.2) is 4.98 Å². The normalized spacial score (nSPS) is 11.7. The van der Waals surface area contributed by atoms with E-state index in [-0.39, 0.29) is 5.41 Å². The number of aromatic nitrogens is 2. The van der Waals surface area contributed by atoms with Crippen molar-refractivity contribution in [2.45, 2.75) is 25.7 Å². The summed E-state index contributed by atoms with van der Waals surface area (Å²) in [7, 11) is 0. The van der Waals surface area contributed by atoms with Gasteiger partial charge in [0, 0.05) is 17.0 Å². The van der Waals surface area contributed by atoms with Gasteiger partial charge < -0.3 is 5.73 Å². The number of hydrogen-bond acceptors (Lipinski definition) is 4. The fraction of sp³-hybridized carbons (Fsp3) is 0.385. The van der Waals surface area contributed by atoms with Crippen molar-refractivity contribution in [2.24, 2.45) is 5.73 Å². The van der Waals surface area contributed by atoms with Crippen LogP contribution in [0.3, 0.4) is 0 Å². The molecule has 0 fully saturated rings. The van der Waals surface area contributed by atoms with Crippen LogP contribution in [0.15, 0.2) is 29.8 Å². The molecule has 0 saturated heterocycles. The molecule has 0 saturated carbocycles. The van der Waals surface area contributed by atoms with E-state index >= 15 is 0 Å². The van der Waals surface area contributed by atoms with Gasteiger partial charge in [-0.1, -0.05) is 19.9 Å².